The van der Waals surface area contributed by atoms with Gasteiger partial charge < -0.3 is 4.40 Å². The Morgan fingerprint density at radius 2 is 2.08 bits per heavy atom. The van der Waals surface area contributed by atoms with Crippen LogP contribution in [0.25, 0.3) is 5.65 Å². The van der Waals surface area contributed by atoms with Crippen molar-refractivity contribution < 1.29 is 0 Å². The highest BCUT2D eigenvalue weighted by atomic mass is 127. The fraction of sp³-hybridized carbons (Fsp3) is 0.222. The van der Waals surface area contributed by atoms with Gasteiger partial charge in [0, 0.05) is 16.0 Å². The number of fused-ring (bicyclic) bond motifs is 1. The number of halogens is 1. The summed E-state index contributed by atoms with van der Waals surface area (Å²) in [7, 11) is 0. The van der Waals surface area contributed by atoms with E-state index in [-0.39, 0.29) is 0 Å². The van der Waals surface area contributed by atoms with E-state index in [0.29, 0.717) is 0 Å². The molecule has 0 saturated heterocycles. The van der Waals surface area contributed by atoms with Gasteiger partial charge in [-0.3, -0.25) is 0 Å². The number of nitrogens with zero attached hydrogens (tertiary/aromatic N) is 2. The van der Waals surface area contributed by atoms with Gasteiger partial charge in [-0.1, -0.05) is 0 Å². The molecule has 0 unspecified atom stereocenters. The molecule has 2 heterocycles. The van der Waals surface area contributed by atoms with E-state index in [1.165, 1.54) is 9.13 Å². The monoisotopic (exact) mass is 272 g/mol. The predicted molar refractivity (Wildman–Crippen MR) is 57.4 cm³/mol. The average Bonchev–Trinajstić information content (AvgIpc) is 2.29. The Bertz CT molecular complexity index is 431. The second-order valence-corrected chi connectivity index (χ2v) is 4.20. The van der Waals surface area contributed by atoms with Gasteiger partial charge in [0.05, 0.1) is 5.69 Å². The second kappa shape index (κ2) is 2.73. The second-order valence-electron chi connectivity index (χ2n) is 2.95. The van der Waals surface area contributed by atoms with Gasteiger partial charge in [-0.25, -0.2) is 4.98 Å². The summed E-state index contributed by atoms with van der Waals surface area (Å²) in [6.45, 7) is 4.10. The summed E-state index contributed by atoms with van der Waals surface area (Å²) in [5.41, 5.74) is 3.36. The number of aromatic nitrogens is 2. The van der Waals surface area contributed by atoms with Crippen LogP contribution in [0.15, 0.2) is 18.5 Å². The first-order chi connectivity index (χ1) is 5.66. The zero-order valence-electron chi connectivity index (χ0n) is 7.00. The van der Waals surface area contributed by atoms with E-state index >= 15 is 0 Å². The van der Waals surface area contributed by atoms with Crippen LogP contribution in [0.3, 0.4) is 0 Å². The molecule has 2 nitrogen and oxygen atoms in total. The third-order valence-corrected chi connectivity index (χ3v) is 2.41. The summed E-state index contributed by atoms with van der Waals surface area (Å²) < 4.78 is 3.32. The number of hydrogen-bond acceptors (Lipinski definition) is 1. The van der Waals surface area contributed by atoms with Crippen molar-refractivity contribution in [1.82, 2.24) is 9.38 Å². The van der Waals surface area contributed by atoms with Crippen molar-refractivity contribution in [3.8, 4) is 0 Å². The van der Waals surface area contributed by atoms with E-state index in [4.69, 9.17) is 0 Å². The minimum absolute atomic E-state index is 1.06. The van der Waals surface area contributed by atoms with Gasteiger partial charge in [0.1, 0.15) is 5.65 Å². The Hall–Kier alpha value is -0.580. The molecule has 0 aliphatic rings. The maximum Gasteiger partial charge on any atom is 0.139 e. The lowest BCUT2D eigenvalue weighted by atomic mass is 10.3. The fourth-order valence-electron chi connectivity index (χ4n) is 1.35. The number of imidazole rings is 1. The topological polar surface area (TPSA) is 17.3 Å². The predicted octanol–water partition coefficient (Wildman–Crippen LogP) is 2.56. The molecule has 2 rings (SSSR count). The molecule has 0 N–H and O–H groups in total. The van der Waals surface area contributed by atoms with Crippen LogP contribution in [0.5, 0.6) is 0 Å². The van der Waals surface area contributed by atoms with E-state index in [2.05, 4.69) is 51.2 Å². The lowest BCUT2D eigenvalue weighted by Gasteiger charge is -1.97. The highest BCUT2D eigenvalue weighted by Crippen LogP contribution is 2.13. The molecule has 0 aliphatic heterocycles. The molecule has 0 spiro atoms. The number of rotatable bonds is 0. The molecule has 12 heavy (non-hydrogen) atoms. The molecule has 0 saturated carbocycles. The molecule has 0 bridgehead atoms. The lowest BCUT2D eigenvalue weighted by molar-refractivity contribution is 1.15. The van der Waals surface area contributed by atoms with E-state index in [1.54, 1.807) is 0 Å². The minimum Gasteiger partial charge on any atom is -0.306 e. The Morgan fingerprint density at radius 1 is 1.33 bits per heavy atom. The summed E-state index contributed by atoms with van der Waals surface area (Å²) in [6.07, 6.45) is 4.13. The molecule has 2 aromatic heterocycles. The van der Waals surface area contributed by atoms with Crippen LogP contribution in [0, 0.1) is 17.4 Å². The Balaban J connectivity index is 2.88. The average molecular weight is 272 g/mol. The van der Waals surface area contributed by atoms with Gasteiger partial charge in [-0.05, 0) is 48.1 Å². The van der Waals surface area contributed by atoms with Crippen LogP contribution in [-0.4, -0.2) is 9.38 Å². The van der Waals surface area contributed by atoms with Crippen molar-refractivity contribution in [1.29, 1.82) is 0 Å². The molecule has 0 aliphatic carbocycles. The lowest BCUT2D eigenvalue weighted by Crippen LogP contribution is -1.87. The van der Waals surface area contributed by atoms with Crippen LogP contribution in [-0.2, 0) is 0 Å². The molecule has 0 radical (unpaired) electrons. The summed E-state index contributed by atoms with van der Waals surface area (Å²) in [5, 5.41) is 0. The maximum absolute atomic E-state index is 4.41. The first-order valence-electron chi connectivity index (χ1n) is 3.78. The molecule has 62 valence electrons. The van der Waals surface area contributed by atoms with E-state index in [1.807, 2.05) is 13.1 Å². The zero-order valence-corrected chi connectivity index (χ0v) is 9.16. The SMILES string of the molecule is Cc1cn2cc(I)cc(C)c2n1. The van der Waals surface area contributed by atoms with Crippen molar-refractivity contribution >= 4 is 28.2 Å². The van der Waals surface area contributed by atoms with Gasteiger partial charge in [0.25, 0.3) is 0 Å². The van der Waals surface area contributed by atoms with Crippen molar-refractivity contribution in [2.24, 2.45) is 0 Å². The normalized spacial score (nSPS) is 10.9. The Kier molecular flexibility index (Phi) is 1.83. The first kappa shape index (κ1) is 8.04. The van der Waals surface area contributed by atoms with E-state index < -0.39 is 0 Å². The highest BCUT2D eigenvalue weighted by molar-refractivity contribution is 14.1. The molecular formula is C9H9IN2. The standard InChI is InChI=1S/C9H9IN2/c1-6-3-8(10)5-12-4-7(2)11-9(6)12/h3-5H,1-2H3. The fourth-order valence-corrected chi connectivity index (χ4v) is 2.12. The van der Waals surface area contributed by atoms with Gasteiger partial charge in [0.2, 0.25) is 0 Å². The van der Waals surface area contributed by atoms with Crippen LogP contribution in [0.1, 0.15) is 11.3 Å². The third kappa shape index (κ3) is 1.22. The molecule has 0 atom stereocenters. The molecule has 0 aromatic carbocycles. The molecular weight excluding hydrogens is 263 g/mol. The number of pyridine rings is 1. The van der Waals surface area contributed by atoms with Gasteiger partial charge in [0.15, 0.2) is 0 Å². The van der Waals surface area contributed by atoms with Crippen LogP contribution >= 0.6 is 22.6 Å². The van der Waals surface area contributed by atoms with Gasteiger partial charge in [-0.15, -0.1) is 0 Å². The first-order valence-corrected chi connectivity index (χ1v) is 4.86. The van der Waals surface area contributed by atoms with Crippen LogP contribution in [0.2, 0.25) is 0 Å². The van der Waals surface area contributed by atoms with Crippen LogP contribution in [0.4, 0.5) is 0 Å². The molecule has 3 heteroatoms. The Labute approximate surface area is 84.8 Å². The van der Waals surface area contributed by atoms with Crippen molar-refractivity contribution in [2.75, 3.05) is 0 Å². The quantitative estimate of drug-likeness (QED) is 0.674. The van der Waals surface area contributed by atoms with Gasteiger partial charge >= 0.3 is 0 Å². The van der Waals surface area contributed by atoms with Crippen molar-refractivity contribution in [3.05, 3.63) is 33.3 Å². The summed E-state index contributed by atoms with van der Waals surface area (Å²) in [4.78, 5) is 4.41. The number of hydrogen-bond donors (Lipinski definition) is 0. The smallest absolute Gasteiger partial charge is 0.139 e. The Morgan fingerprint density at radius 3 is 2.83 bits per heavy atom. The highest BCUT2D eigenvalue weighted by Gasteiger charge is 2.01. The largest absolute Gasteiger partial charge is 0.306 e. The summed E-state index contributed by atoms with van der Waals surface area (Å²) >= 11 is 2.31. The zero-order chi connectivity index (χ0) is 8.72. The molecule has 2 aromatic rings. The summed E-state index contributed by atoms with van der Waals surface area (Å²) in [5.74, 6) is 0. The van der Waals surface area contributed by atoms with Crippen molar-refractivity contribution in [3.63, 3.8) is 0 Å². The van der Waals surface area contributed by atoms with Gasteiger partial charge in [-0.2, -0.15) is 0 Å². The maximum atomic E-state index is 4.41. The number of aryl methyl sites for hydroxylation is 2. The van der Waals surface area contributed by atoms with Crippen molar-refractivity contribution in [2.45, 2.75) is 13.8 Å². The minimum atomic E-state index is 1.06. The third-order valence-electron chi connectivity index (χ3n) is 1.82. The summed E-state index contributed by atoms with van der Waals surface area (Å²) in [6, 6.07) is 2.14. The van der Waals surface area contributed by atoms with E-state index in [9.17, 15) is 0 Å². The van der Waals surface area contributed by atoms with E-state index in [0.717, 1.165) is 11.3 Å². The van der Waals surface area contributed by atoms with Crippen LogP contribution < -0.4 is 0 Å². The molecule has 0 fully saturated rings. The molecule has 0 amide bonds.